The highest BCUT2D eigenvalue weighted by molar-refractivity contribution is 6.60. The highest BCUT2D eigenvalue weighted by Crippen LogP contribution is 2.21. The summed E-state index contributed by atoms with van der Waals surface area (Å²) in [6, 6.07) is 3.23. The lowest BCUT2D eigenvalue weighted by Crippen LogP contribution is -2.48. The minimum atomic E-state index is -0.511. The van der Waals surface area contributed by atoms with Crippen LogP contribution in [0.3, 0.4) is 0 Å². The molecule has 0 amide bonds. The van der Waals surface area contributed by atoms with Crippen LogP contribution in [-0.4, -0.2) is 38.4 Å². The van der Waals surface area contributed by atoms with Gasteiger partial charge < -0.3 is 14.0 Å². The molecule has 0 unspecified atom stereocenters. The van der Waals surface area contributed by atoms with Gasteiger partial charge in [0.1, 0.15) is 0 Å². The molecule has 1 aliphatic heterocycles. The largest absolute Gasteiger partial charge is 0.513 e. The topological polar surface area (TPSA) is 57.7 Å². The molecule has 2 heterocycles. The predicted molar refractivity (Wildman–Crippen MR) is 66.6 cm³/mol. The summed E-state index contributed by atoms with van der Waals surface area (Å²) in [6.45, 7) is 5.34. The molecule has 96 valence electrons. The second-order valence-corrected chi connectivity index (χ2v) is 5.08. The van der Waals surface area contributed by atoms with Crippen molar-refractivity contribution in [3.05, 3.63) is 23.9 Å². The predicted octanol–water partition coefficient (Wildman–Crippen LogP) is 0.636. The van der Waals surface area contributed by atoms with Gasteiger partial charge in [0, 0.05) is 24.8 Å². The second-order valence-electron chi connectivity index (χ2n) is 5.08. The fourth-order valence-corrected chi connectivity index (χ4v) is 1.69. The van der Waals surface area contributed by atoms with E-state index in [9.17, 15) is 4.79 Å². The van der Waals surface area contributed by atoms with Gasteiger partial charge >= 0.3 is 13.1 Å². The molecule has 0 aromatic carbocycles. The van der Waals surface area contributed by atoms with E-state index in [1.54, 1.807) is 18.3 Å². The first-order chi connectivity index (χ1) is 8.52. The molecule has 0 N–H and O–H groups in total. The number of esters is 1. The fraction of sp³-hybridized carbons (Fsp3) is 0.500. The molecule has 0 bridgehead atoms. The average molecular weight is 249 g/mol. The SMILES string of the molecule is COC(=O)c1ccnc(B2OCC(C)(C)CO2)c1. The number of ether oxygens (including phenoxy) is 1. The first-order valence-corrected chi connectivity index (χ1v) is 5.79. The van der Waals surface area contributed by atoms with Crippen LogP contribution >= 0.6 is 0 Å². The fourth-order valence-electron chi connectivity index (χ4n) is 1.69. The average Bonchev–Trinajstić information content (AvgIpc) is 2.38. The van der Waals surface area contributed by atoms with Crippen molar-refractivity contribution >= 4 is 18.7 Å². The van der Waals surface area contributed by atoms with Crippen molar-refractivity contribution in [2.75, 3.05) is 20.3 Å². The van der Waals surface area contributed by atoms with Crippen molar-refractivity contribution in [3.63, 3.8) is 0 Å². The van der Waals surface area contributed by atoms with Crippen LogP contribution in [0.2, 0.25) is 0 Å². The lowest BCUT2D eigenvalue weighted by atomic mass is 9.79. The van der Waals surface area contributed by atoms with Gasteiger partial charge in [-0.2, -0.15) is 0 Å². The van der Waals surface area contributed by atoms with Gasteiger partial charge in [0.2, 0.25) is 0 Å². The van der Waals surface area contributed by atoms with Crippen LogP contribution in [0.5, 0.6) is 0 Å². The quantitative estimate of drug-likeness (QED) is 0.568. The van der Waals surface area contributed by atoms with E-state index in [0.29, 0.717) is 24.4 Å². The summed E-state index contributed by atoms with van der Waals surface area (Å²) in [4.78, 5) is 15.6. The summed E-state index contributed by atoms with van der Waals surface area (Å²) >= 11 is 0. The standard InChI is InChI=1S/C12H16BNO4/c1-12(2)7-17-13(18-8-12)10-6-9(4-5-14-10)11(15)16-3/h4-6H,7-8H2,1-3H3. The van der Waals surface area contributed by atoms with Crippen LogP contribution in [0.15, 0.2) is 18.3 Å². The molecular weight excluding hydrogens is 233 g/mol. The highest BCUT2D eigenvalue weighted by atomic mass is 16.6. The van der Waals surface area contributed by atoms with Crippen LogP contribution in [0, 0.1) is 5.41 Å². The van der Waals surface area contributed by atoms with E-state index in [0.717, 1.165) is 0 Å². The maximum absolute atomic E-state index is 11.4. The number of hydrogen-bond acceptors (Lipinski definition) is 5. The molecule has 1 aliphatic rings. The summed E-state index contributed by atoms with van der Waals surface area (Å²) in [6.07, 6.45) is 1.55. The van der Waals surface area contributed by atoms with Gasteiger partial charge in [-0.1, -0.05) is 13.8 Å². The number of carbonyl (C=O) groups excluding carboxylic acids is 1. The van der Waals surface area contributed by atoms with Crippen LogP contribution in [0.4, 0.5) is 0 Å². The molecule has 0 atom stereocenters. The van der Waals surface area contributed by atoms with Crippen molar-refractivity contribution < 1.29 is 18.8 Å². The van der Waals surface area contributed by atoms with Gasteiger partial charge in [-0.05, 0) is 12.1 Å². The minimum Gasteiger partial charge on any atom is -0.465 e. The lowest BCUT2D eigenvalue weighted by molar-refractivity contribution is 0.0339. The number of rotatable bonds is 2. The molecule has 5 nitrogen and oxygen atoms in total. The Labute approximate surface area is 107 Å². The van der Waals surface area contributed by atoms with Crippen LogP contribution < -0.4 is 5.59 Å². The third-order valence-corrected chi connectivity index (χ3v) is 2.69. The Hall–Kier alpha value is -1.40. The number of methoxy groups -OCH3 is 1. The molecule has 0 spiro atoms. The molecule has 1 fully saturated rings. The zero-order valence-electron chi connectivity index (χ0n) is 10.8. The van der Waals surface area contributed by atoms with Crippen molar-refractivity contribution in [1.29, 1.82) is 0 Å². The molecule has 0 radical (unpaired) electrons. The Balaban J connectivity index is 2.12. The first kappa shape index (κ1) is 13.0. The maximum atomic E-state index is 11.4. The first-order valence-electron chi connectivity index (χ1n) is 5.79. The number of carbonyl (C=O) groups is 1. The van der Waals surface area contributed by atoms with Gasteiger partial charge in [-0.25, -0.2) is 4.79 Å². The van der Waals surface area contributed by atoms with E-state index >= 15 is 0 Å². The van der Waals surface area contributed by atoms with Gasteiger partial charge in [0.05, 0.1) is 18.3 Å². The van der Waals surface area contributed by atoms with Gasteiger partial charge in [-0.3, -0.25) is 4.98 Å². The number of pyridine rings is 1. The molecule has 1 saturated heterocycles. The molecule has 1 aromatic rings. The molecular formula is C12H16BNO4. The molecule has 6 heteroatoms. The third kappa shape index (κ3) is 2.89. The molecule has 18 heavy (non-hydrogen) atoms. The zero-order chi connectivity index (χ0) is 13.2. The zero-order valence-corrected chi connectivity index (χ0v) is 10.8. The van der Waals surface area contributed by atoms with Crippen molar-refractivity contribution in [3.8, 4) is 0 Å². The molecule has 0 saturated carbocycles. The summed E-state index contributed by atoms with van der Waals surface area (Å²) < 4.78 is 15.9. The Morgan fingerprint density at radius 3 is 2.72 bits per heavy atom. The van der Waals surface area contributed by atoms with Crippen LogP contribution in [0.25, 0.3) is 0 Å². The molecule has 1 aromatic heterocycles. The van der Waals surface area contributed by atoms with E-state index in [-0.39, 0.29) is 5.41 Å². The normalized spacial score (nSPS) is 18.5. The second kappa shape index (κ2) is 5.08. The maximum Gasteiger partial charge on any atom is 0.513 e. The van der Waals surface area contributed by atoms with Crippen molar-refractivity contribution in [2.24, 2.45) is 5.41 Å². The number of nitrogens with zero attached hydrogens (tertiary/aromatic N) is 1. The monoisotopic (exact) mass is 249 g/mol. The summed E-state index contributed by atoms with van der Waals surface area (Å²) in [7, 11) is 0.834. The van der Waals surface area contributed by atoms with E-state index in [1.165, 1.54) is 7.11 Å². The highest BCUT2D eigenvalue weighted by Gasteiger charge is 2.34. The molecule has 2 rings (SSSR count). The minimum absolute atomic E-state index is 0.0104. The third-order valence-electron chi connectivity index (χ3n) is 2.69. The van der Waals surface area contributed by atoms with Crippen molar-refractivity contribution in [2.45, 2.75) is 13.8 Å². The van der Waals surface area contributed by atoms with Crippen LogP contribution in [-0.2, 0) is 14.0 Å². The lowest BCUT2D eigenvalue weighted by Gasteiger charge is -2.32. The van der Waals surface area contributed by atoms with E-state index in [4.69, 9.17) is 9.31 Å². The number of aromatic nitrogens is 1. The summed E-state index contributed by atoms with van der Waals surface area (Å²) in [5, 5.41) is 0. The van der Waals surface area contributed by atoms with E-state index in [2.05, 4.69) is 23.6 Å². The summed E-state index contributed by atoms with van der Waals surface area (Å²) in [5.41, 5.74) is 1.05. The Bertz CT molecular complexity index is 439. The van der Waals surface area contributed by atoms with Crippen molar-refractivity contribution in [1.82, 2.24) is 4.98 Å². The Kier molecular flexibility index (Phi) is 3.68. The van der Waals surface area contributed by atoms with Gasteiger partial charge in [0.15, 0.2) is 0 Å². The summed E-state index contributed by atoms with van der Waals surface area (Å²) in [5.74, 6) is -0.394. The number of hydrogen-bond donors (Lipinski definition) is 0. The van der Waals surface area contributed by atoms with Gasteiger partial charge in [0.25, 0.3) is 0 Å². The smallest absolute Gasteiger partial charge is 0.465 e. The van der Waals surface area contributed by atoms with E-state index in [1.807, 2.05) is 0 Å². The Morgan fingerprint density at radius 2 is 2.11 bits per heavy atom. The Morgan fingerprint density at radius 1 is 1.44 bits per heavy atom. The van der Waals surface area contributed by atoms with Crippen LogP contribution in [0.1, 0.15) is 24.2 Å². The van der Waals surface area contributed by atoms with Gasteiger partial charge in [-0.15, -0.1) is 0 Å². The molecule has 0 aliphatic carbocycles. The van der Waals surface area contributed by atoms with E-state index < -0.39 is 13.1 Å².